The first-order valence-electron chi connectivity index (χ1n) is 10.6. The number of allylic oxidation sites excluding steroid dienone is 1. The Balaban J connectivity index is 1.74. The van der Waals surface area contributed by atoms with Gasteiger partial charge in [-0.15, -0.1) is 0 Å². The van der Waals surface area contributed by atoms with Crippen molar-refractivity contribution in [1.82, 2.24) is 14.5 Å². The summed E-state index contributed by atoms with van der Waals surface area (Å²) < 4.78 is 2.23. The molecule has 0 radical (unpaired) electrons. The molecule has 0 bridgehead atoms. The van der Waals surface area contributed by atoms with Gasteiger partial charge < -0.3 is 9.55 Å². The van der Waals surface area contributed by atoms with Crippen LogP contribution in [0.25, 0.3) is 28.4 Å². The molecule has 4 aromatic rings. The zero-order valence-electron chi connectivity index (χ0n) is 19.0. The molecule has 0 spiro atoms. The molecule has 0 aliphatic heterocycles. The smallest absolute Gasteiger partial charge is 0.149 e. The van der Waals surface area contributed by atoms with Crippen molar-refractivity contribution in [3.63, 3.8) is 0 Å². The van der Waals surface area contributed by atoms with Crippen LogP contribution in [-0.2, 0) is 5.41 Å². The molecular weight excluding hydrogens is 380 g/mol. The summed E-state index contributed by atoms with van der Waals surface area (Å²) in [4.78, 5) is 7.91. The van der Waals surface area contributed by atoms with Crippen molar-refractivity contribution < 1.29 is 0 Å². The molecular formula is C27H28N4. The van der Waals surface area contributed by atoms with Crippen molar-refractivity contribution in [1.29, 1.82) is 5.26 Å². The van der Waals surface area contributed by atoms with E-state index < -0.39 is 0 Å². The summed E-state index contributed by atoms with van der Waals surface area (Å²) in [5, 5.41) is 9.83. The van der Waals surface area contributed by atoms with E-state index in [0.29, 0.717) is 11.4 Å². The molecule has 4 nitrogen and oxygen atoms in total. The molecule has 2 aromatic heterocycles. The average Bonchev–Trinajstić information content (AvgIpc) is 3.25. The summed E-state index contributed by atoms with van der Waals surface area (Å²) >= 11 is 0. The van der Waals surface area contributed by atoms with Crippen LogP contribution >= 0.6 is 0 Å². The molecule has 0 saturated heterocycles. The molecule has 0 aliphatic carbocycles. The summed E-state index contributed by atoms with van der Waals surface area (Å²) in [6, 6.07) is 19.2. The largest absolute Gasteiger partial charge is 0.337 e. The predicted molar refractivity (Wildman–Crippen MR) is 128 cm³/mol. The lowest BCUT2D eigenvalue weighted by Crippen LogP contribution is -2.11. The molecule has 0 fully saturated rings. The van der Waals surface area contributed by atoms with Crippen molar-refractivity contribution in [2.75, 3.05) is 0 Å². The lowest BCUT2D eigenvalue weighted by molar-refractivity contribution is 0.590. The van der Waals surface area contributed by atoms with Gasteiger partial charge in [0.05, 0.1) is 16.6 Å². The van der Waals surface area contributed by atoms with Crippen molar-refractivity contribution in [3.05, 3.63) is 82.4 Å². The van der Waals surface area contributed by atoms with Gasteiger partial charge in [-0.2, -0.15) is 5.26 Å². The fourth-order valence-electron chi connectivity index (χ4n) is 4.00. The number of nitriles is 1. The summed E-state index contributed by atoms with van der Waals surface area (Å²) in [7, 11) is 0. The third-order valence-electron chi connectivity index (χ3n) is 5.77. The second-order valence-corrected chi connectivity index (χ2v) is 9.23. The second kappa shape index (κ2) is 7.59. The number of nitrogens with one attached hydrogen (secondary N) is 1. The zero-order chi connectivity index (χ0) is 22.3. The molecule has 4 rings (SSSR count). The van der Waals surface area contributed by atoms with E-state index in [9.17, 15) is 5.26 Å². The van der Waals surface area contributed by atoms with Crippen LogP contribution in [0.1, 0.15) is 54.7 Å². The van der Waals surface area contributed by atoms with Gasteiger partial charge in [0.2, 0.25) is 0 Å². The minimum atomic E-state index is 0.125. The fourth-order valence-corrected chi connectivity index (χ4v) is 4.00. The van der Waals surface area contributed by atoms with Gasteiger partial charge in [0.15, 0.2) is 0 Å². The highest BCUT2D eigenvalue weighted by Gasteiger charge is 2.16. The third kappa shape index (κ3) is 3.92. The molecule has 0 amide bonds. The number of rotatable bonds is 3. The van der Waals surface area contributed by atoms with Crippen LogP contribution in [0.15, 0.2) is 48.5 Å². The molecule has 0 saturated carbocycles. The maximum absolute atomic E-state index is 9.83. The maximum Gasteiger partial charge on any atom is 0.149 e. The molecule has 0 unspecified atom stereocenters. The van der Waals surface area contributed by atoms with E-state index in [4.69, 9.17) is 0 Å². The van der Waals surface area contributed by atoms with E-state index in [1.54, 1.807) is 0 Å². The number of imidazole rings is 1. The number of aromatic nitrogens is 3. The van der Waals surface area contributed by atoms with Crippen molar-refractivity contribution in [2.45, 2.75) is 47.0 Å². The van der Waals surface area contributed by atoms with Gasteiger partial charge in [-0.1, -0.05) is 39.0 Å². The Morgan fingerprint density at radius 1 is 1.03 bits per heavy atom. The molecule has 156 valence electrons. The number of benzene rings is 2. The van der Waals surface area contributed by atoms with Gasteiger partial charge in [-0.3, -0.25) is 0 Å². The van der Waals surface area contributed by atoms with Crippen molar-refractivity contribution in [3.8, 4) is 11.8 Å². The van der Waals surface area contributed by atoms with Crippen LogP contribution < -0.4 is 0 Å². The summed E-state index contributed by atoms with van der Waals surface area (Å²) in [6.07, 6.45) is 1.92. The third-order valence-corrected chi connectivity index (χ3v) is 5.77. The number of H-pyrrole nitrogens is 1. The number of hydrogen-bond donors (Lipinski definition) is 1. The Hall–Kier alpha value is -3.58. The van der Waals surface area contributed by atoms with E-state index in [1.165, 1.54) is 5.56 Å². The van der Waals surface area contributed by atoms with Crippen LogP contribution in [-0.4, -0.2) is 14.5 Å². The first-order chi connectivity index (χ1) is 14.7. The van der Waals surface area contributed by atoms with Gasteiger partial charge in [0.1, 0.15) is 11.9 Å². The monoisotopic (exact) mass is 408 g/mol. The molecule has 0 aliphatic rings. The van der Waals surface area contributed by atoms with Crippen molar-refractivity contribution >= 4 is 22.7 Å². The van der Waals surface area contributed by atoms with Gasteiger partial charge in [-0.25, -0.2) is 4.98 Å². The molecule has 4 heteroatoms. The second-order valence-electron chi connectivity index (χ2n) is 9.23. The van der Waals surface area contributed by atoms with Crippen LogP contribution in [0.4, 0.5) is 0 Å². The fraction of sp³-hybridized carbons (Fsp3) is 0.259. The van der Waals surface area contributed by atoms with E-state index >= 15 is 0 Å². The number of aryl methyl sites for hydroxylation is 2. The topological polar surface area (TPSA) is 57.4 Å². The van der Waals surface area contributed by atoms with Crippen LogP contribution in [0, 0.1) is 32.1 Å². The highest BCUT2D eigenvalue weighted by Crippen LogP contribution is 2.28. The Bertz CT molecular complexity index is 1330. The Labute approximate surface area is 183 Å². The SMILES string of the molecule is Cc1ccc2nc(/C(C#N)=C\c3cc(C)n(-c4ccc(C(C)(C)C)cc4)c3C)[nH]c2c1. The predicted octanol–water partition coefficient (Wildman–Crippen LogP) is 6.64. The van der Waals surface area contributed by atoms with Crippen LogP contribution in [0.5, 0.6) is 0 Å². The number of hydrogen-bond acceptors (Lipinski definition) is 2. The zero-order valence-corrected chi connectivity index (χ0v) is 19.0. The maximum atomic E-state index is 9.83. The van der Waals surface area contributed by atoms with E-state index in [1.807, 2.05) is 31.2 Å². The quantitative estimate of drug-likeness (QED) is 0.386. The highest BCUT2D eigenvalue weighted by molar-refractivity contribution is 5.91. The number of fused-ring (bicyclic) bond motifs is 1. The van der Waals surface area contributed by atoms with E-state index in [2.05, 4.69) is 85.6 Å². The minimum absolute atomic E-state index is 0.125. The molecule has 0 atom stereocenters. The average molecular weight is 409 g/mol. The van der Waals surface area contributed by atoms with E-state index in [-0.39, 0.29) is 5.41 Å². The number of nitrogens with zero attached hydrogens (tertiary/aromatic N) is 3. The Morgan fingerprint density at radius 3 is 2.39 bits per heavy atom. The lowest BCUT2D eigenvalue weighted by atomic mass is 9.87. The summed E-state index contributed by atoms with van der Waals surface area (Å²) in [5.74, 6) is 0.599. The van der Waals surface area contributed by atoms with E-state index in [0.717, 1.165) is 39.2 Å². The van der Waals surface area contributed by atoms with Gasteiger partial charge in [0.25, 0.3) is 0 Å². The van der Waals surface area contributed by atoms with Crippen LogP contribution in [0.3, 0.4) is 0 Å². The summed E-state index contributed by atoms with van der Waals surface area (Å²) in [6.45, 7) is 12.9. The van der Waals surface area contributed by atoms with Crippen molar-refractivity contribution in [2.24, 2.45) is 0 Å². The standard InChI is InChI=1S/C27H28N4/c1-17-7-12-24-25(13-17)30-26(29-24)21(16-28)15-20-14-18(2)31(19(20)3)23-10-8-22(9-11-23)27(4,5)6/h7-15H,1-6H3,(H,29,30)/b21-15-. The minimum Gasteiger partial charge on any atom is -0.337 e. The molecule has 1 N–H and O–H groups in total. The normalized spacial score (nSPS) is 12.4. The molecule has 2 aromatic carbocycles. The van der Waals surface area contributed by atoms with Gasteiger partial charge in [-0.05, 0) is 79.3 Å². The van der Waals surface area contributed by atoms with Crippen LogP contribution in [0.2, 0.25) is 0 Å². The highest BCUT2D eigenvalue weighted by atomic mass is 15.0. The first-order valence-corrected chi connectivity index (χ1v) is 10.6. The number of aromatic amines is 1. The van der Waals surface area contributed by atoms with Gasteiger partial charge >= 0.3 is 0 Å². The molecule has 2 heterocycles. The summed E-state index contributed by atoms with van der Waals surface area (Å²) in [5.41, 5.74) is 9.30. The molecule has 31 heavy (non-hydrogen) atoms. The Morgan fingerprint density at radius 2 is 1.74 bits per heavy atom. The lowest BCUT2D eigenvalue weighted by Gasteiger charge is -2.20. The Kier molecular flexibility index (Phi) is 5.07. The first kappa shape index (κ1) is 20.7. The van der Waals surface area contributed by atoms with Gasteiger partial charge in [0, 0.05) is 17.1 Å².